The monoisotopic (exact) mass is 289 g/mol. The van der Waals surface area contributed by atoms with Crippen LogP contribution in [0.5, 0.6) is 0 Å². The van der Waals surface area contributed by atoms with Crippen molar-refractivity contribution in [3.8, 4) is 0 Å². The number of H-pyrrole nitrogens is 1. The first-order valence-electron chi connectivity index (χ1n) is 6.26. The molecule has 5 heteroatoms. The number of aromatic amines is 1. The molecule has 3 nitrogen and oxygen atoms in total. The first-order valence-corrected chi connectivity index (χ1v) is 6.64. The van der Waals surface area contributed by atoms with Gasteiger partial charge in [0.2, 0.25) is 0 Å². The minimum atomic E-state index is -0.398. The molecule has 102 valence electrons. The molecule has 0 amide bonds. The van der Waals surface area contributed by atoms with E-state index in [2.05, 4.69) is 15.3 Å². The summed E-state index contributed by atoms with van der Waals surface area (Å²) in [5.74, 6) is 0.493. The number of benzene rings is 2. The van der Waals surface area contributed by atoms with Crippen molar-refractivity contribution in [3.63, 3.8) is 0 Å². The normalized spacial score (nSPS) is 10.9. The number of anilines is 1. The molecule has 0 fully saturated rings. The Morgan fingerprint density at radius 2 is 2.10 bits per heavy atom. The Hall–Kier alpha value is -2.07. The smallest absolute Gasteiger partial charge is 0.141 e. The lowest BCUT2D eigenvalue weighted by atomic mass is 10.2. The summed E-state index contributed by atoms with van der Waals surface area (Å²) in [6.07, 6.45) is 0. The van der Waals surface area contributed by atoms with Gasteiger partial charge in [-0.15, -0.1) is 0 Å². The molecule has 0 spiro atoms. The zero-order valence-corrected chi connectivity index (χ0v) is 11.6. The van der Waals surface area contributed by atoms with Crippen LogP contribution in [0.15, 0.2) is 36.4 Å². The summed E-state index contributed by atoms with van der Waals surface area (Å²) in [5, 5.41) is 3.42. The van der Waals surface area contributed by atoms with Crippen LogP contribution < -0.4 is 5.32 Å². The standard InChI is InChI=1S/C15H13ClFN3/c1-9-19-14-5-3-11(7-15(14)20-9)18-8-10-2-4-13(17)12(16)6-10/h2-7,18H,8H2,1H3,(H,19,20). The van der Waals surface area contributed by atoms with Crippen molar-refractivity contribution in [2.24, 2.45) is 0 Å². The van der Waals surface area contributed by atoms with Crippen molar-refractivity contribution in [1.82, 2.24) is 9.97 Å². The van der Waals surface area contributed by atoms with Crippen LogP contribution in [0.4, 0.5) is 10.1 Å². The third kappa shape index (κ3) is 2.60. The minimum absolute atomic E-state index is 0.143. The van der Waals surface area contributed by atoms with Gasteiger partial charge in [-0.25, -0.2) is 9.37 Å². The Balaban J connectivity index is 1.77. The lowest BCUT2D eigenvalue weighted by molar-refractivity contribution is 0.627. The van der Waals surface area contributed by atoms with Gasteiger partial charge in [0, 0.05) is 12.2 Å². The van der Waals surface area contributed by atoms with Crippen LogP contribution in [-0.4, -0.2) is 9.97 Å². The van der Waals surface area contributed by atoms with Crippen LogP contribution in [0.25, 0.3) is 11.0 Å². The molecule has 0 atom stereocenters. The first kappa shape index (κ1) is 12.9. The first-order chi connectivity index (χ1) is 9.61. The number of aryl methyl sites for hydroxylation is 1. The summed E-state index contributed by atoms with van der Waals surface area (Å²) in [7, 11) is 0. The summed E-state index contributed by atoms with van der Waals surface area (Å²) in [4.78, 5) is 7.54. The number of fused-ring (bicyclic) bond motifs is 1. The lowest BCUT2D eigenvalue weighted by Crippen LogP contribution is -1.99. The molecule has 0 aliphatic heterocycles. The van der Waals surface area contributed by atoms with E-state index >= 15 is 0 Å². The fourth-order valence-corrected chi connectivity index (χ4v) is 2.30. The zero-order chi connectivity index (χ0) is 14.1. The van der Waals surface area contributed by atoms with Gasteiger partial charge in [-0.3, -0.25) is 0 Å². The molecule has 0 bridgehead atoms. The van der Waals surface area contributed by atoms with E-state index in [1.54, 1.807) is 12.1 Å². The highest BCUT2D eigenvalue weighted by atomic mass is 35.5. The molecule has 0 aliphatic rings. The van der Waals surface area contributed by atoms with Gasteiger partial charge >= 0.3 is 0 Å². The number of imidazole rings is 1. The quantitative estimate of drug-likeness (QED) is 0.756. The molecule has 0 aliphatic carbocycles. The number of aromatic nitrogens is 2. The summed E-state index contributed by atoms with van der Waals surface area (Å²) >= 11 is 5.76. The number of hydrogen-bond donors (Lipinski definition) is 2. The molecular formula is C15H13ClFN3. The van der Waals surface area contributed by atoms with Crippen LogP contribution in [0.2, 0.25) is 5.02 Å². The predicted molar refractivity (Wildman–Crippen MR) is 79.6 cm³/mol. The summed E-state index contributed by atoms with van der Waals surface area (Å²) in [5.41, 5.74) is 3.83. The van der Waals surface area contributed by atoms with E-state index in [-0.39, 0.29) is 5.02 Å². The average molecular weight is 290 g/mol. The van der Waals surface area contributed by atoms with Crippen LogP contribution in [0, 0.1) is 12.7 Å². The molecule has 1 aromatic heterocycles. The number of nitrogens with zero attached hydrogens (tertiary/aromatic N) is 1. The average Bonchev–Trinajstić information content (AvgIpc) is 2.79. The molecule has 0 unspecified atom stereocenters. The number of halogens is 2. The van der Waals surface area contributed by atoms with Gasteiger partial charge in [0.1, 0.15) is 11.6 Å². The van der Waals surface area contributed by atoms with Crippen molar-refractivity contribution < 1.29 is 4.39 Å². The highest BCUT2D eigenvalue weighted by Gasteiger charge is 2.03. The molecule has 0 saturated heterocycles. The summed E-state index contributed by atoms with van der Waals surface area (Å²) in [6, 6.07) is 10.6. The molecule has 2 N–H and O–H groups in total. The van der Waals surface area contributed by atoms with Gasteiger partial charge in [-0.05, 0) is 42.8 Å². The highest BCUT2D eigenvalue weighted by molar-refractivity contribution is 6.30. The van der Waals surface area contributed by atoms with E-state index in [9.17, 15) is 4.39 Å². The summed E-state index contributed by atoms with van der Waals surface area (Å²) in [6.45, 7) is 2.51. The van der Waals surface area contributed by atoms with Crippen LogP contribution in [-0.2, 0) is 6.54 Å². The maximum atomic E-state index is 13.1. The highest BCUT2D eigenvalue weighted by Crippen LogP contribution is 2.19. The van der Waals surface area contributed by atoms with Gasteiger partial charge in [0.05, 0.1) is 16.1 Å². The Morgan fingerprint density at radius 3 is 2.90 bits per heavy atom. The van der Waals surface area contributed by atoms with E-state index in [1.807, 2.05) is 25.1 Å². The molecule has 0 radical (unpaired) electrons. The molecule has 2 aromatic carbocycles. The fourth-order valence-electron chi connectivity index (χ4n) is 2.10. The topological polar surface area (TPSA) is 40.7 Å². The van der Waals surface area contributed by atoms with Crippen molar-refractivity contribution >= 4 is 28.3 Å². The third-order valence-corrected chi connectivity index (χ3v) is 3.37. The maximum Gasteiger partial charge on any atom is 0.141 e. The van der Waals surface area contributed by atoms with E-state index in [0.29, 0.717) is 6.54 Å². The molecule has 1 heterocycles. The Bertz CT molecular complexity index is 767. The van der Waals surface area contributed by atoms with Gasteiger partial charge in [-0.1, -0.05) is 17.7 Å². The molecule has 3 aromatic rings. The largest absolute Gasteiger partial charge is 0.381 e. The number of hydrogen-bond acceptors (Lipinski definition) is 2. The molecule has 20 heavy (non-hydrogen) atoms. The van der Waals surface area contributed by atoms with E-state index in [1.165, 1.54) is 6.07 Å². The van der Waals surface area contributed by atoms with Gasteiger partial charge in [-0.2, -0.15) is 0 Å². The Labute approximate surface area is 120 Å². The predicted octanol–water partition coefficient (Wildman–Crippen LogP) is 4.28. The zero-order valence-electron chi connectivity index (χ0n) is 10.9. The van der Waals surface area contributed by atoms with Gasteiger partial charge < -0.3 is 10.3 Å². The third-order valence-electron chi connectivity index (χ3n) is 3.08. The van der Waals surface area contributed by atoms with Crippen molar-refractivity contribution in [1.29, 1.82) is 0 Å². The summed E-state index contributed by atoms with van der Waals surface area (Å²) < 4.78 is 13.1. The second kappa shape index (κ2) is 5.13. The lowest BCUT2D eigenvalue weighted by Gasteiger charge is -2.07. The molecule has 3 rings (SSSR count). The Morgan fingerprint density at radius 1 is 1.25 bits per heavy atom. The van der Waals surface area contributed by atoms with Crippen molar-refractivity contribution in [2.75, 3.05) is 5.32 Å². The number of rotatable bonds is 3. The van der Waals surface area contributed by atoms with E-state index in [0.717, 1.165) is 28.1 Å². The van der Waals surface area contributed by atoms with Crippen LogP contribution in [0.3, 0.4) is 0 Å². The SMILES string of the molecule is Cc1nc2ccc(NCc3ccc(F)c(Cl)c3)cc2[nH]1. The second-order valence-corrected chi connectivity index (χ2v) is 5.06. The van der Waals surface area contributed by atoms with Crippen molar-refractivity contribution in [2.45, 2.75) is 13.5 Å². The molecule has 0 saturated carbocycles. The fraction of sp³-hybridized carbons (Fsp3) is 0.133. The number of nitrogens with one attached hydrogen (secondary N) is 2. The van der Waals surface area contributed by atoms with E-state index in [4.69, 9.17) is 11.6 Å². The second-order valence-electron chi connectivity index (χ2n) is 4.66. The van der Waals surface area contributed by atoms with Crippen LogP contribution >= 0.6 is 11.6 Å². The van der Waals surface area contributed by atoms with Gasteiger partial charge in [0.25, 0.3) is 0 Å². The Kier molecular flexibility index (Phi) is 3.32. The maximum absolute atomic E-state index is 13.1. The van der Waals surface area contributed by atoms with Crippen molar-refractivity contribution in [3.05, 3.63) is 58.6 Å². The minimum Gasteiger partial charge on any atom is -0.381 e. The van der Waals surface area contributed by atoms with Crippen LogP contribution in [0.1, 0.15) is 11.4 Å². The van der Waals surface area contributed by atoms with E-state index < -0.39 is 5.82 Å². The molecular weight excluding hydrogens is 277 g/mol. The van der Waals surface area contributed by atoms with Gasteiger partial charge in [0.15, 0.2) is 0 Å².